The van der Waals surface area contributed by atoms with Gasteiger partial charge >= 0.3 is 5.97 Å². The normalized spacial score (nSPS) is 11.5. The van der Waals surface area contributed by atoms with Crippen LogP contribution in [0.3, 0.4) is 0 Å². The summed E-state index contributed by atoms with van der Waals surface area (Å²) in [6, 6.07) is 7.39. The molecule has 1 aromatic carbocycles. The number of rotatable bonds is 3. The highest BCUT2D eigenvalue weighted by atomic mass is 16.5. The summed E-state index contributed by atoms with van der Waals surface area (Å²) in [5.41, 5.74) is 1.67. The van der Waals surface area contributed by atoms with Crippen molar-refractivity contribution in [2.45, 2.75) is 19.8 Å². The quantitative estimate of drug-likeness (QED) is 0.555. The molecule has 0 aliphatic rings. The standard InChI is InChI=1S/C13H14O2/c1-4-11-7-6-8-12(9-11)10(3)13(14)15-5-2/h1,6-10H,5H2,2-3H3. The number of ether oxygens (including phenoxy) is 1. The van der Waals surface area contributed by atoms with Gasteiger partial charge in [-0.15, -0.1) is 6.42 Å². The van der Waals surface area contributed by atoms with Gasteiger partial charge in [-0.05, 0) is 31.5 Å². The SMILES string of the molecule is C#Cc1cccc(C(C)C(=O)OCC)c1. The lowest BCUT2D eigenvalue weighted by atomic mass is 9.99. The van der Waals surface area contributed by atoms with Crippen molar-refractivity contribution in [1.82, 2.24) is 0 Å². The Morgan fingerprint density at radius 1 is 1.60 bits per heavy atom. The van der Waals surface area contributed by atoms with E-state index in [0.29, 0.717) is 6.61 Å². The van der Waals surface area contributed by atoms with Crippen LogP contribution in [0, 0.1) is 12.3 Å². The van der Waals surface area contributed by atoms with E-state index in [4.69, 9.17) is 11.2 Å². The van der Waals surface area contributed by atoms with E-state index in [1.165, 1.54) is 0 Å². The second kappa shape index (κ2) is 5.21. The minimum atomic E-state index is -0.266. The van der Waals surface area contributed by atoms with Crippen LogP contribution in [0.25, 0.3) is 0 Å². The van der Waals surface area contributed by atoms with Gasteiger partial charge in [0.1, 0.15) is 0 Å². The van der Waals surface area contributed by atoms with Gasteiger partial charge in [0.25, 0.3) is 0 Å². The lowest BCUT2D eigenvalue weighted by molar-refractivity contribution is -0.144. The first-order valence-electron chi connectivity index (χ1n) is 4.92. The lowest BCUT2D eigenvalue weighted by Crippen LogP contribution is -2.12. The molecule has 0 fully saturated rings. The van der Waals surface area contributed by atoms with Crippen LogP contribution < -0.4 is 0 Å². The molecule has 1 aromatic rings. The monoisotopic (exact) mass is 202 g/mol. The van der Waals surface area contributed by atoms with E-state index in [0.717, 1.165) is 11.1 Å². The smallest absolute Gasteiger partial charge is 0.313 e. The van der Waals surface area contributed by atoms with Gasteiger partial charge in [-0.1, -0.05) is 18.1 Å². The minimum Gasteiger partial charge on any atom is -0.466 e. The highest BCUT2D eigenvalue weighted by Gasteiger charge is 2.15. The van der Waals surface area contributed by atoms with E-state index in [1.54, 1.807) is 6.92 Å². The summed E-state index contributed by atoms with van der Waals surface area (Å²) in [4.78, 5) is 11.5. The predicted molar refractivity (Wildman–Crippen MR) is 59.4 cm³/mol. The van der Waals surface area contributed by atoms with Crippen molar-refractivity contribution >= 4 is 5.97 Å². The van der Waals surface area contributed by atoms with E-state index in [2.05, 4.69) is 5.92 Å². The van der Waals surface area contributed by atoms with Crippen molar-refractivity contribution in [1.29, 1.82) is 0 Å². The Kier molecular flexibility index (Phi) is 3.93. The largest absolute Gasteiger partial charge is 0.466 e. The Morgan fingerprint density at radius 3 is 2.93 bits per heavy atom. The van der Waals surface area contributed by atoms with E-state index >= 15 is 0 Å². The molecule has 15 heavy (non-hydrogen) atoms. The highest BCUT2D eigenvalue weighted by molar-refractivity contribution is 5.77. The Hall–Kier alpha value is -1.75. The van der Waals surface area contributed by atoms with Crippen molar-refractivity contribution in [3.63, 3.8) is 0 Å². The van der Waals surface area contributed by atoms with Crippen LogP contribution >= 0.6 is 0 Å². The van der Waals surface area contributed by atoms with E-state index in [1.807, 2.05) is 31.2 Å². The summed E-state index contributed by atoms with van der Waals surface area (Å²) in [6.07, 6.45) is 5.29. The average Bonchev–Trinajstić information content (AvgIpc) is 2.28. The zero-order valence-corrected chi connectivity index (χ0v) is 8.99. The fourth-order valence-corrected chi connectivity index (χ4v) is 1.30. The van der Waals surface area contributed by atoms with Crippen LogP contribution in [0.2, 0.25) is 0 Å². The van der Waals surface area contributed by atoms with E-state index in [9.17, 15) is 4.79 Å². The fraction of sp³-hybridized carbons (Fsp3) is 0.308. The first-order valence-corrected chi connectivity index (χ1v) is 4.92. The summed E-state index contributed by atoms with van der Waals surface area (Å²) in [7, 11) is 0. The Balaban J connectivity index is 2.87. The lowest BCUT2D eigenvalue weighted by Gasteiger charge is -2.10. The van der Waals surface area contributed by atoms with E-state index in [-0.39, 0.29) is 11.9 Å². The molecule has 0 saturated heterocycles. The van der Waals surface area contributed by atoms with Gasteiger partial charge in [-0.3, -0.25) is 4.79 Å². The second-order valence-electron chi connectivity index (χ2n) is 3.24. The zero-order valence-electron chi connectivity index (χ0n) is 8.99. The number of carbonyl (C=O) groups excluding carboxylic acids is 1. The number of hydrogen-bond donors (Lipinski definition) is 0. The van der Waals surface area contributed by atoms with E-state index < -0.39 is 0 Å². The van der Waals surface area contributed by atoms with Crippen LogP contribution in [0.4, 0.5) is 0 Å². The zero-order chi connectivity index (χ0) is 11.3. The Bertz CT molecular complexity index is 388. The first-order chi connectivity index (χ1) is 7.19. The molecule has 0 aliphatic carbocycles. The second-order valence-corrected chi connectivity index (χ2v) is 3.24. The van der Waals surface area contributed by atoms with Crippen molar-refractivity contribution in [2.75, 3.05) is 6.61 Å². The molecule has 1 rings (SSSR count). The molecule has 0 radical (unpaired) electrons. The van der Waals surface area contributed by atoms with Crippen molar-refractivity contribution in [3.8, 4) is 12.3 Å². The van der Waals surface area contributed by atoms with Gasteiger partial charge in [0.05, 0.1) is 12.5 Å². The third-order valence-electron chi connectivity index (χ3n) is 2.19. The molecule has 0 N–H and O–H groups in total. The number of terminal acetylenes is 1. The molecule has 78 valence electrons. The van der Waals surface area contributed by atoms with Crippen molar-refractivity contribution in [2.24, 2.45) is 0 Å². The molecule has 0 bridgehead atoms. The molecular formula is C13H14O2. The molecule has 0 spiro atoms. The van der Waals surface area contributed by atoms with Crippen molar-refractivity contribution < 1.29 is 9.53 Å². The van der Waals surface area contributed by atoms with Crippen LogP contribution in [0.1, 0.15) is 30.9 Å². The molecule has 0 amide bonds. The molecule has 1 unspecified atom stereocenters. The molecule has 0 saturated carbocycles. The first kappa shape index (κ1) is 11.3. The summed E-state index contributed by atoms with van der Waals surface area (Å²) in [5, 5.41) is 0. The van der Waals surface area contributed by atoms with Crippen LogP contribution in [0.5, 0.6) is 0 Å². The third-order valence-corrected chi connectivity index (χ3v) is 2.19. The average molecular weight is 202 g/mol. The third kappa shape index (κ3) is 2.85. The molecule has 2 heteroatoms. The maximum atomic E-state index is 11.5. The molecular weight excluding hydrogens is 188 g/mol. The number of carbonyl (C=O) groups is 1. The summed E-state index contributed by atoms with van der Waals surface area (Å²) < 4.78 is 4.94. The van der Waals surface area contributed by atoms with Crippen LogP contribution in [0.15, 0.2) is 24.3 Å². The number of esters is 1. The maximum Gasteiger partial charge on any atom is 0.313 e. The molecule has 0 heterocycles. The summed E-state index contributed by atoms with van der Waals surface area (Å²) in [6.45, 7) is 4.01. The van der Waals surface area contributed by atoms with Crippen LogP contribution in [-0.4, -0.2) is 12.6 Å². The summed E-state index contributed by atoms with van der Waals surface area (Å²) >= 11 is 0. The van der Waals surface area contributed by atoms with Gasteiger partial charge in [-0.2, -0.15) is 0 Å². The Labute approximate surface area is 90.3 Å². The molecule has 2 nitrogen and oxygen atoms in total. The predicted octanol–water partition coefficient (Wildman–Crippen LogP) is 2.33. The minimum absolute atomic E-state index is 0.216. The van der Waals surface area contributed by atoms with Gasteiger partial charge in [0, 0.05) is 5.56 Å². The molecule has 1 atom stereocenters. The summed E-state index contributed by atoms with van der Waals surface area (Å²) in [5.74, 6) is 2.06. The van der Waals surface area contributed by atoms with Gasteiger partial charge in [0.15, 0.2) is 0 Å². The van der Waals surface area contributed by atoms with Gasteiger partial charge in [-0.25, -0.2) is 0 Å². The maximum absolute atomic E-state index is 11.5. The van der Waals surface area contributed by atoms with Gasteiger partial charge < -0.3 is 4.74 Å². The van der Waals surface area contributed by atoms with Crippen LogP contribution in [-0.2, 0) is 9.53 Å². The van der Waals surface area contributed by atoms with Crippen molar-refractivity contribution in [3.05, 3.63) is 35.4 Å². The topological polar surface area (TPSA) is 26.3 Å². The molecule has 0 aromatic heterocycles. The van der Waals surface area contributed by atoms with Gasteiger partial charge in [0.2, 0.25) is 0 Å². The Morgan fingerprint density at radius 2 is 2.33 bits per heavy atom. The number of benzene rings is 1. The number of hydrogen-bond acceptors (Lipinski definition) is 2. The highest BCUT2D eigenvalue weighted by Crippen LogP contribution is 2.17. The fourth-order valence-electron chi connectivity index (χ4n) is 1.30. The molecule has 0 aliphatic heterocycles.